The van der Waals surface area contributed by atoms with E-state index in [1.807, 2.05) is 0 Å². The van der Waals surface area contributed by atoms with Crippen LogP contribution in [-0.4, -0.2) is 50.7 Å². The van der Waals surface area contributed by atoms with Gasteiger partial charge in [0.05, 0.1) is 5.75 Å². The van der Waals surface area contributed by atoms with Crippen LogP contribution in [0.1, 0.15) is 32.1 Å². The van der Waals surface area contributed by atoms with Gasteiger partial charge in [0.1, 0.15) is 17.9 Å². The van der Waals surface area contributed by atoms with Crippen molar-refractivity contribution in [1.82, 2.24) is 20.4 Å². The number of anilines is 2. The Kier molecular flexibility index (Phi) is 6.00. The molecule has 1 aliphatic heterocycles. The predicted molar refractivity (Wildman–Crippen MR) is 111 cm³/mol. The first-order valence-corrected chi connectivity index (χ1v) is 11.4. The van der Waals surface area contributed by atoms with Crippen molar-refractivity contribution < 1.29 is 18.8 Å². The number of nitrogens with one attached hydrogen (secondary N) is 2. The molecule has 2 aliphatic rings. The van der Waals surface area contributed by atoms with Gasteiger partial charge in [0.2, 0.25) is 16.9 Å². The maximum atomic E-state index is 13.0. The van der Waals surface area contributed by atoms with Gasteiger partial charge in [0, 0.05) is 5.69 Å². The number of carbonyl (C=O) groups is 3. The molecule has 1 saturated carbocycles. The number of benzene rings is 1. The number of piperazine rings is 1. The van der Waals surface area contributed by atoms with Crippen LogP contribution in [0.2, 0.25) is 0 Å². The molecule has 1 aromatic heterocycles. The molecule has 4 rings (SSSR count). The van der Waals surface area contributed by atoms with Crippen LogP contribution in [-0.2, 0) is 14.4 Å². The van der Waals surface area contributed by atoms with Crippen molar-refractivity contribution in [2.45, 2.75) is 42.0 Å². The van der Waals surface area contributed by atoms with Gasteiger partial charge >= 0.3 is 0 Å². The van der Waals surface area contributed by atoms with Crippen LogP contribution in [0, 0.1) is 5.82 Å². The molecular weight excluding hydrogens is 429 g/mol. The summed E-state index contributed by atoms with van der Waals surface area (Å²) in [5.74, 6) is -1.33. The third kappa shape index (κ3) is 4.31. The van der Waals surface area contributed by atoms with Crippen LogP contribution in [0.4, 0.5) is 15.2 Å². The number of imide groups is 1. The Morgan fingerprint density at radius 2 is 1.93 bits per heavy atom. The summed E-state index contributed by atoms with van der Waals surface area (Å²) in [5, 5.41) is 14.0. The molecule has 8 nitrogen and oxygen atoms in total. The van der Waals surface area contributed by atoms with E-state index >= 15 is 0 Å². The van der Waals surface area contributed by atoms with Gasteiger partial charge in [-0.05, 0) is 37.1 Å². The van der Waals surface area contributed by atoms with Gasteiger partial charge in [-0.2, -0.15) is 0 Å². The summed E-state index contributed by atoms with van der Waals surface area (Å²) in [6, 6.07) is 5.87. The Labute approximate surface area is 180 Å². The van der Waals surface area contributed by atoms with E-state index < -0.39 is 11.4 Å². The molecule has 2 heterocycles. The second-order valence-electron chi connectivity index (χ2n) is 7.24. The highest BCUT2D eigenvalue weighted by Gasteiger charge is 2.50. The van der Waals surface area contributed by atoms with Crippen molar-refractivity contribution >= 4 is 51.6 Å². The van der Waals surface area contributed by atoms with Crippen LogP contribution in [0.15, 0.2) is 28.6 Å². The minimum absolute atomic E-state index is 0.0630. The second kappa shape index (κ2) is 8.68. The van der Waals surface area contributed by atoms with Crippen molar-refractivity contribution in [3.05, 3.63) is 30.1 Å². The van der Waals surface area contributed by atoms with Crippen molar-refractivity contribution in [2.75, 3.05) is 17.6 Å². The van der Waals surface area contributed by atoms with Gasteiger partial charge in [-0.15, -0.1) is 10.2 Å². The van der Waals surface area contributed by atoms with Gasteiger partial charge < -0.3 is 10.2 Å². The first-order chi connectivity index (χ1) is 14.5. The maximum absolute atomic E-state index is 13.0. The fourth-order valence-corrected chi connectivity index (χ4v) is 5.49. The number of nitrogens with zero attached hydrogens (tertiary/aromatic N) is 3. The normalized spacial score (nSPS) is 18.4. The fraction of sp³-hybridized carbons (Fsp3) is 0.421. The van der Waals surface area contributed by atoms with E-state index in [1.165, 1.54) is 40.1 Å². The Hall–Kier alpha value is -2.53. The zero-order valence-electron chi connectivity index (χ0n) is 16.0. The van der Waals surface area contributed by atoms with E-state index in [-0.39, 0.29) is 29.9 Å². The van der Waals surface area contributed by atoms with E-state index in [4.69, 9.17) is 0 Å². The molecule has 1 spiro atoms. The number of aromatic nitrogens is 2. The van der Waals surface area contributed by atoms with E-state index in [1.54, 1.807) is 12.1 Å². The summed E-state index contributed by atoms with van der Waals surface area (Å²) in [6.45, 7) is -0.0986. The lowest BCUT2D eigenvalue weighted by atomic mass is 9.78. The molecule has 3 amide bonds. The Morgan fingerprint density at radius 1 is 1.20 bits per heavy atom. The summed E-state index contributed by atoms with van der Waals surface area (Å²) in [4.78, 5) is 38.9. The maximum Gasteiger partial charge on any atom is 0.252 e. The highest BCUT2D eigenvalue weighted by Crippen LogP contribution is 2.36. The Morgan fingerprint density at radius 3 is 2.67 bits per heavy atom. The zero-order valence-corrected chi connectivity index (χ0v) is 17.7. The lowest BCUT2D eigenvalue weighted by Crippen LogP contribution is -2.69. The van der Waals surface area contributed by atoms with Gasteiger partial charge in [0.15, 0.2) is 4.34 Å². The zero-order chi connectivity index (χ0) is 21.1. The average Bonchev–Trinajstić information content (AvgIpc) is 3.19. The number of hydrogen-bond donors (Lipinski definition) is 2. The highest BCUT2D eigenvalue weighted by atomic mass is 32.2. The van der Waals surface area contributed by atoms with Crippen molar-refractivity contribution in [2.24, 2.45) is 0 Å². The molecule has 2 fully saturated rings. The average molecular weight is 450 g/mol. The SMILES string of the molecule is O=C1CN(C(=O)CSc2nnc(Nc3ccc(F)cc3)s2)C2(CCCCC2)C(=O)N1. The molecule has 1 aliphatic carbocycles. The largest absolute Gasteiger partial charge is 0.330 e. The summed E-state index contributed by atoms with van der Waals surface area (Å²) in [7, 11) is 0. The molecule has 2 aromatic rings. The first kappa shape index (κ1) is 20.7. The quantitative estimate of drug-likeness (QED) is 0.534. The van der Waals surface area contributed by atoms with Crippen molar-refractivity contribution in [3.63, 3.8) is 0 Å². The van der Waals surface area contributed by atoms with E-state index in [0.717, 1.165) is 19.3 Å². The Balaban J connectivity index is 1.40. The molecule has 2 N–H and O–H groups in total. The highest BCUT2D eigenvalue weighted by molar-refractivity contribution is 8.01. The van der Waals surface area contributed by atoms with E-state index in [9.17, 15) is 18.8 Å². The topological polar surface area (TPSA) is 104 Å². The lowest BCUT2D eigenvalue weighted by molar-refractivity contribution is -0.158. The minimum atomic E-state index is -0.916. The standard InChI is InChI=1S/C19H20FN5O3S2/c20-12-4-6-13(7-5-12)21-17-23-24-18(30-17)29-11-15(27)25-10-14(26)22-16(28)19(25)8-2-1-3-9-19/h4-7H,1-3,8-11H2,(H,21,23)(H,22,26,28). The molecule has 11 heteroatoms. The monoisotopic (exact) mass is 449 g/mol. The number of rotatable bonds is 5. The summed E-state index contributed by atoms with van der Waals surface area (Å²) >= 11 is 2.48. The van der Waals surface area contributed by atoms with E-state index in [2.05, 4.69) is 20.8 Å². The van der Waals surface area contributed by atoms with Gasteiger partial charge in [-0.25, -0.2) is 4.39 Å². The molecule has 0 bridgehead atoms. The molecule has 1 aromatic carbocycles. The molecule has 0 atom stereocenters. The third-order valence-corrected chi connectivity index (χ3v) is 7.25. The number of hydrogen-bond acceptors (Lipinski definition) is 8. The van der Waals surface area contributed by atoms with Crippen molar-refractivity contribution in [1.29, 1.82) is 0 Å². The number of halogens is 1. The van der Waals surface area contributed by atoms with Crippen LogP contribution >= 0.6 is 23.1 Å². The second-order valence-corrected chi connectivity index (χ2v) is 9.44. The predicted octanol–water partition coefficient (Wildman–Crippen LogP) is 2.70. The van der Waals surface area contributed by atoms with Gasteiger partial charge in [-0.3, -0.25) is 19.7 Å². The molecule has 0 radical (unpaired) electrons. The minimum Gasteiger partial charge on any atom is -0.330 e. The van der Waals surface area contributed by atoms with Crippen molar-refractivity contribution in [3.8, 4) is 0 Å². The summed E-state index contributed by atoms with van der Waals surface area (Å²) < 4.78 is 13.6. The first-order valence-electron chi connectivity index (χ1n) is 9.60. The molecular formula is C19H20FN5O3S2. The van der Waals surface area contributed by atoms with Crippen LogP contribution in [0.3, 0.4) is 0 Å². The Bertz CT molecular complexity index is 959. The third-order valence-electron chi connectivity index (χ3n) is 5.30. The molecule has 1 saturated heterocycles. The van der Waals surface area contributed by atoms with Crippen LogP contribution in [0.25, 0.3) is 0 Å². The smallest absolute Gasteiger partial charge is 0.252 e. The van der Waals surface area contributed by atoms with Gasteiger partial charge in [0.25, 0.3) is 5.91 Å². The number of amides is 3. The summed E-state index contributed by atoms with van der Waals surface area (Å²) in [6.07, 6.45) is 3.88. The summed E-state index contributed by atoms with van der Waals surface area (Å²) in [5.41, 5.74) is -0.238. The molecule has 158 valence electrons. The molecule has 0 unspecified atom stereocenters. The van der Waals surface area contributed by atoms with Gasteiger partial charge in [-0.1, -0.05) is 42.4 Å². The van der Waals surface area contributed by atoms with Crippen LogP contribution < -0.4 is 10.6 Å². The van der Waals surface area contributed by atoms with Crippen LogP contribution in [0.5, 0.6) is 0 Å². The lowest BCUT2D eigenvalue weighted by Gasteiger charge is -2.47. The fourth-order valence-electron chi connectivity index (χ4n) is 3.84. The number of thioether (sulfide) groups is 1. The van der Waals surface area contributed by atoms with E-state index in [0.29, 0.717) is 28.0 Å². The molecule has 30 heavy (non-hydrogen) atoms. The number of carbonyl (C=O) groups excluding carboxylic acids is 3.